The smallest absolute Gasteiger partial charge is 0.314 e. The van der Waals surface area contributed by atoms with Crippen molar-refractivity contribution >= 4 is 11.4 Å². The third kappa shape index (κ3) is 5.55. The average Bonchev–Trinajstić information content (AvgIpc) is 3.40. The van der Waals surface area contributed by atoms with Gasteiger partial charge in [0.25, 0.3) is 5.82 Å². The first-order chi connectivity index (χ1) is 19.3. The summed E-state index contributed by atoms with van der Waals surface area (Å²) in [5.41, 5.74) is 10.1. The summed E-state index contributed by atoms with van der Waals surface area (Å²) >= 11 is 0. The standard InChI is InChI=1S/C34H27N5.ClH/c1-26-22-24-30(25-23-26)38-33(28-16-8-3-9-17-28)37-39(31-20-12-5-13-21-31)34(38)32(27-14-6-2-7-15-27)36-35-29-18-10-4-11-19-29;/h2-25H,1H3;1H. The van der Waals surface area contributed by atoms with E-state index in [0.29, 0.717) is 0 Å². The molecule has 0 aliphatic carbocycles. The number of aryl methyl sites for hydroxylation is 1. The van der Waals surface area contributed by atoms with Crippen LogP contribution in [0.15, 0.2) is 151 Å². The zero-order chi connectivity index (χ0) is 26.4. The Bertz CT molecular complexity index is 1700. The van der Waals surface area contributed by atoms with Gasteiger partial charge in [-0.3, -0.25) is 5.43 Å². The highest BCUT2D eigenvalue weighted by atomic mass is 35.5. The maximum atomic E-state index is 5.22. The predicted molar refractivity (Wildman–Crippen MR) is 157 cm³/mol. The molecular formula is C34H28ClN5. The van der Waals surface area contributed by atoms with E-state index in [4.69, 9.17) is 10.2 Å². The van der Waals surface area contributed by atoms with Crippen LogP contribution in [0.4, 0.5) is 5.69 Å². The molecule has 6 aromatic rings. The minimum atomic E-state index is 0. The molecule has 0 fully saturated rings. The van der Waals surface area contributed by atoms with E-state index in [-0.39, 0.29) is 12.4 Å². The van der Waals surface area contributed by atoms with Crippen molar-refractivity contribution < 1.29 is 17.0 Å². The normalized spacial score (nSPS) is 11.1. The molecule has 5 aromatic carbocycles. The van der Waals surface area contributed by atoms with Crippen molar-refractivity contribution in [2.75, 3.05) is 5.43 Å². The molecule has 0 atom stereocenters. The number of nitrogens with zero attached hydrogens (tertiary/aromatic N) is 4. The molecule has 196 valence electrons. The van der Waals surface area contributed by atoms with Gasteiger partial charge in [0.1, 0.15) is 11.4 Å². The maximum Gasteiger partial charge on any atom is 0.314 e. The number of benzene rings is 5. The van der Waals surface area contributed by atoms with Gasteiger partial charge in [0.2, 0.25) is 0 Å². The largest absolute Gasteiger partial charge is 1.00 e. The molecule has 0 saturated carbocycles. The van der Waals surface area contributed by atoms with Crippen LogP contribution in [0.2, 0.25) is 0 Å². The van der Waals surface area contributed by atoms with Crippen molar-refractivity contribution in [3.8, 4) is 22.8 Å². The lowest BCUT2D eigenvalue weighted by Gasteiger charge is -2.10. The van der Waals surface area contributed by atoms with Crippen molar-refractivity contribution in [2.24, 2.45) is 5.10 Å². The van der Waals surface area contributed by atoms with Gasteiger partial charge >= 0.3 is 5.82 Å². The molecule has 1 N–H and O–H groups in total. The second-order valence-electron chi connectivity index (χ2n) is 9.24. The van der Waals surface area contributed by atoms with Crippen LogP contribution in [-0.4, -0.2) is 15.5 Å². The Balaban J connectivity index is 0.00000323. The zero-order valence-electron chi connectivity index (χ0n) is 22.0. The molecule has 5 nitrogen and oxygen atoms in total. The Morgan fingerprint density at radius 1 is 0.675 bits per heavy atom. The topological polar surface area (TPSA) is 46.1 Å². The Morgan fingerprint density at radius 3 is 1.85 bits per heavy atom. The van der Waals surface area contributed by atoms with Crippen molar-refractivity contribution in [3.05, 3.63) is 163 Å². The quantitative estimate of drug-likeness (QED) is 0.189. The summed E-state index contributed by atoms with van der Waals surface area (Å²) in [5, 5.41) is 10.2. The van der Waals surface area contributed by atoms with Gasteiger partial charge in [-0.1, -0.05) is 107 Å². The van der Waals surface area contributed by atoms with Crippen LogP contribution in [0.25, 0.3) is 22.8 Å². The van der Waals surface area contributed by atoms with Crippen molar-refractivity contribution in [1.29, 1.82) is 0 Å². The van der Waals surface area contributed by atoms with Crippen LogP contribution in [0.5, 0.6) is 0 Å². The molecule has 1 aromatic heterocycles. The van der Waals surface area contributed by atoms with Gasteiger partial charge in [0.15, 0.2) is 5.71 Å². The van der Waals surface area contributed by atoms with E-state index >= 15 is 0 Å². The number of para-hydroxylation sites is 2. The second kappa shape index (κ2) is 12.2. The summed E-state index contributed by atoms with van der Waals surface area (Å²) in [6.45, 7) is 2.10. The Labute approximate surface area is 240 Å². The van der Waals surface area contributed by atoms with E-state index in [1.54, 1.807) is 0 Å². The molecule has 0 bridgehead atoms. The van der Waals surface area contributed by atoms with Gasteiger partial charge in [-0.2, -0.15) is 9.67 Å². The van der Waals surface area contributed by atoms with Crippen LogP contribution in [0.3, 0.4) is 0 Å². The third-order valence-electron chi connectivity index (χ3n) is 6.47. The first kappa shape index (κ1) is 26.6. The highest BCUT2D eigenvalue weighted by Crippen LogP contribution is 2.22. The van der Waals surface area contributed by atoms with E-state index < -0.39 is 0 Å². The summed E-state index contributed by atoms with van der Waals surface area (Å²) < 4.78 is 4.18. The molecule has 6 rings (SSSR count). The fraction of sp³-hybridized carbons (Fsp3) is 0.0294. The minimum Gasteiger partial charge on any atom is -1.00 e. The lowest BCUT2D eigenvalue weighted by molar-refractivity contribution is -0.586. The fourth-order valence-electron chi connectivity index (χ4n) is 4.52. The number of aromatic nitrogens is 3. The van der Waals surface area contributed by atoms with E-state index in [1.807, 2.05) is 89.6 Å². The maximum absolute atomic E-state index is 5.22. The average molecular weight is 542 g/mol. The molecule has 0 aliphatic heterocycles. The van der Waals surface area contributed by atoms with Crippen LogP contribution < -0.4 is 22.4 Å². The SMILES string of the molecule is Cc1ccc(-[n+]2c(-c3ccccc3)nn(-c3ccccc3)c2/C(=N/Nc2ccccc2)c2ccccc2)cc1.[Cl-]. The van der Waals surface area contributed by atoms with Crippen LogP contribution >= 0.6 is 0 Å². The van der Waals surface area contributed by atoms with Crippen molar-refractivity contribution in [3.63, 3.8) is 0 Å². The Kier molecular flexibility index (Phi) is 8.14. The summed E-state index contributed by atoms with van der Waals surface area (Å²) in [6.07, 6.45) is 0. The molecule has 0 unspecified atom stereocenters. The molecule has 0 spiro atoms. The van der Waals surface area contributed by atoms with Crippen molar-refractivity contribution in [2.45, 2.75) is 6.92 Å². The highest BCUT2D eigenvalue weighted by Gasteiger charge is 2.34. The molecule has 0 amide bonds. The fourth-order valence-corrected chi connectivity index (χ4v) is 4.52. The van der Waals surface area contributed by atoms with E-state index in [0.717, 1.165) is 45.5 Å². The molecule has 1 heterocycles. The van der Waals surface area contributed by atoms with Gasteiger partial charge in [-0.05, 0) is 55.5 Å². The summed E-state index contributed by atoms with van der Waals surface area (Å²) in [5.74, 6) is 1.65. The lowest BCUT2D eigenvalue weighted by atomic mass is 10.1. The van der Waals surface area contributed by atoms with Crippen LogP contribution in [0.1, 0.15) is 17.0 Å². The number of hydrazone groups is 1. The Hall–Kier alpha value is -5.00. The van der Waals surface area contributed by atoms with E-state index in [9.17, 15) is 0 Å². The van der Waals surface area contributed by atoms with E-state index in [2.05, 4.69) is 77.6 Å². The van der Waals surface area contributed by atoms with Gasteiger partial charge in [0, 0.05) is 5.56 Å². The predicted octanol–water partition coefficient (Wildman–Crippen LogP) is 3.99. The number of rotatable bonds is 7. The van der Waals surface area contributed by atoms with Gasteiger partial charge in [-0.25, -0.2) is 0 Å². The monoisotopic (exact) mass is 541 g/mol. The number of halogens is 1. The first-order valence-corrected chi connectivity index (χ1v) is 13.0. The first-order valence-electron chi connectivity index (χ1n) is 13.0. The Morgan fingerprint density at radius 2 is 1.23 bits per heavy atom. The lowest BCUT2D eigenvalue weighted by Crippen LogP contribution is -3.00. The molecule has 40 heavy (non-hydrogen) atoms. The number of nitrogens with one attached hydrogen (secondary N) is 1. The molecular weight excluding hydrogens is 514 g/mol. The second-order valence-corrected chi connectivity index (χ2v) is 9.24. The third-order valence-corrected chi connectivity index (χ3v) is 6.47. The van der Waals surface area contributed by atoms with Gasteiger partial charge in [0.05, 0.1) is 16.3 Å². The molecule has 0 saturated heterocycles. The number of hydrogen-bond acceptors (Lipinski definition) is 3. The molecule has 0 radical (unpaired) electrons. The van der Waals surface area contributed by atoms with Gasteiger partial charge in [-0.15, -0.1) is 0 Å². The summed E-state index contributed by atoms with van der Waals surface area (Å²) in [6, 6.07) is 49.3. The summed E-state index contributed by atoms with van der Waals surface area (Å²) in [7, 11) is 0. The number of hydrogen-bond donors (Lipinski definition) is 1. The van der Waals surface area contributed by atoms with Gasteiger partial charge < -0.3 is 12.4 Å². The zero-order valence-corrected chi connectivity index (χ0v) is 22.8. The highest BCUT2D eigenvalue weighted by molar-refractivity contribution is 6.10. The van der Waals surface area contributed by atoms with Crippen molar-refractivity contribution in [1.82, 2.24) is 9.78 Å². The minimum absolute atomic E-state index is 0. The van der Waals surface area contributed by atoms with Crippen LogP contribution in [0, 0.1) is 6.92 Å². The molecule has 0 aliphatic rings. The van der Waals surface area contributed by atoms with E-state index in [1.165, 1.54) is 5.56 Å². The summed E-state index contributed by atoms with van der Waals surface area (Å²) in [4.78, 5) is 0. The van der Waals surface area contributed by atoms with Crippen LogP contribution in [-0.2, 0) is 0 Å². The number of anilines is 1. The molecule has 6 heteroatoms.